The van der Waals surface area contributed by atoms with Gasteiger partial charge in [-0.05, 0) is 49.2 Å². The van der Waals surface area contributed by atoms with E-state index in [1.165, 1.54) is 29.2 Å². The smallest absolute Gasteiger partial charge is 0.411 e. The van der Waals surface area contributed by atoms with Crippen molar-refractivity contribution in [1.82, 2.24) is 4.98 Å². The second kappa shape index (κ2) is 6.62. The number of aromatic nitrogens is 1. The SMILES string of the molecule is O=C(O)N1CCCc2nc(C3(C(=O)Nc4ccc(F)cc4)COC3)ccc21. The van der Waals surface area contributed by atoms with Gasteiger partial charge < -0.3 is 15.2 Å². The summed E-state index contributed by atoms with van der Waals surface area (Å²) in [6.45, 7) is 0.811. The van der Waals surface area contributed by atoms with Crippen molar-refractivity contribution in [3.05, 3.63) is 53.6 Å². The summed E-state index contributed by atoms with van der Waals surface area (Å²) in [5.74, 6) is -0.660. The Labute approximate surface area is 154 Å². The molecule has 2 aromatic rings. The number of benzene rings is 1. The normalized spacial score (nSPS) is 17.6. The highest BCUT2D eigenvalue weighted by molar-refractivity contribution is 6.00. The third kappa shape index (κ3) is 3.02. The summed E-state index contributed by atoms with van der Waals surface area (Å²) in [6.07, 6.45) is 0.325. The Bertz CT molecular complexity index is 896. The predicted octanol–water partition coefficient (Wildman–Crippen LogP) is 2.56. The minimum atomic E-state index is -1.01. The number of amides is 2. The number of fused-ring (bicyclic) bond motifs is 1. The topological polar surface area (TPSA) is 91.8 Å². The van der Waals surface area contributed by atoms with E-state index in [0.717, 1.165) is 0 Å². The first-order valence-electron chi connectivity index (χ1n) is 8.65. The molecule has 0 aliphatic carbocycles. The molecular formula is C19H18FN3O4. The molecule has 0 spiro atoms. The molecule has 2 aliphatic rings. The van der Waals surface area contributed by atoms with E-state index in [0.29, 0.717) is 42.1 Å². The molecule has 4 rings (SSSR count). The summed E-state index contributed by atoms with van der Waals surface area (Å²) in [5.41, 5.74) is 1.34. The lowest BCUT2D eigenvalue weighted by atomic mass is 9.80. The first kappa shape index (κ1) is 17.4. The van der Waals surface area contributed by atoms with Crippen LogP contribution in [-0.2, 0) is 21.4 Å². The minimum Gasteiger partial charge on any atom is -0.465 e. The fourth-order valence-corrected chi connectivity index (χ4v) is 3.40. The monoisotopic (exact) mass is 371 g/mol. The van der Waals surface area contributed by atoms with E-state index in [1.54, 1.807) is 12.1 Å². The van der Waals surface area contributed by atoms with Crippen molar-refractivity contribution in [3.63, 3.8) is 0 Å². The van der Waals surface area contributed by atoms with Crippen LogP contribution in [0.2, 0.25) is 0 Å². The molecule has 0 atom stereocenters. The second-order valence-corrected chi connectivity index (χ2v) is 6.74. The molecule has 1 saturated heterocycles. The van der Waals surface area contributed by atoms with Gasteiger partial charge in [0.1, 0.15) is 11.2 Å². The Morgan fingerprint density at radius 1 is 1.19 bits per heavy atom. The van der Waals surface area contributed by atoms with Gasteiger partial charge in [0, 0.05) is 12.2 Å². The van der Waals surface area contributed by atoms with Gasteiger partial charge in [-0.25, -0.2) is 9.18 Å². The number of rotatable bonds is 3. The van der Waals surface area contributed by atoms with Gasteiger partial charge in [0.25, 0.3) is 0 Å². The number of halogens is 1. The number of hydrogen-bond donors (Lipinski definition) is 2. The Hall–Kier alpha value is -3.00. The maximum atomic E-state index is 13.1. The first-order valence-corrected chi connectivity index (χ1v) is 8.65. The number of nitrogens with one attached hydrogen (secondary N) is 1. The van der Waals surface area contributed by atoms with E-state index in [4.69, 9.17) is 4.74 Å². The molecule has 27 heavy (non-hydrogen) atoms. The average molecular weight is 371 g/mol. The third-order valence-electron chi connectivity index (χ3n) is 4.99. The molecule has 1 aromatic heterocycles. The number of anilines is 2. The van der Waals surface area contributed by atoms with Crippen molar-refractivity contribution in [2.24, 2.45) is 0 Å². The second-order valence-electron chi connectivity index (χ2n) is 6.74. The van der Waals surface area contributed by atoms with Gasteiger partial charge in [0.2, 0.25) is 5.91 Å². The summed E-state index contributed by atoms with van der Waals surface area (Å²) in [4.78, 5) is 30.2. The lowest BCUT2D eigenvalue weighted by molar-refractivity contribution is -0.140. The van der Waals surface area contributed by atoms with Gasteiger partial charge in [-0.15, -0.1) is 0 Å². The molecule has 2 aliphatic heterocycles. The maximum absolute atomic E-state index is 13.1. The number of aryl methyl sites for hydroxylation is 1. The van der Waals surface area contributed by atoms with Gasteiger partial charge in [-0.2, -0.15) is 0 Å². The molecule has 0 bridgehead atoms. The van der Waals surface area contributed by atoms with E-state index >= 15 is 0 Å². The minimum absolute atomic E-state index is 0.189. The number of carbonyl (C=O) groups excluding carboxylic acids is 1. The highest BCUT2D eigenvalue weighted by Gasteiger charge is 2.49. The molecule has 7 nitrogen and oxygen atoms in total. The molecule has 0 saturated carbocycles. The van der Waals surface area contributed by atoms with Crippen molar-refractivity contribution in [3.8, 4) is 0 Å². The quantitative estimate of drug-likeness (QED) is 0.865. The first-order chi connectivity index (χ1) is 13.0. The number of pyridine rings is 1. The standard InChI is InChI=1S/C19H18FN3O4/c20-12-3-5-13(6-4-12)21-17(24)19(10-27-11-19)16-8-7-15-14(22-16)2-1-9-23(15)18(25)26/h3-8H,1-2,9-11H2,(H,21,24)(H,25,26). The lowest BCUT2D eigenvalue weighted by Crippen LogP contribution is -2.56. The van der Waals surface area contributed by atoms with E-state index in [2.05, 4.69) is 10.3 Å². The molecule has 1 aromatic carbocycles. The van der Waals surface area contributed by atoms with Crippen molar-refractivity contribution in [1.29, 1.82) is 0 Å². The van der Waals surface area contributed by atoms with E-state index in [9.17, 15) is 19.1 Å². The van der Waals surface area contributed by atoms with Crippen molar-refractivity contribution in [2.75, 3.05) is 30.0 Å². The Kier molecular flexibility index (Phi) is 4.27. The number of carboxylic acid groups (broad SMARTS) is 1. The van der Waals surface area contributed by atoms with Crippen LogP contribution in [0.3, 0.4) is 0 Å². The summed E-state index contributed by atoms with van der Waals surface area (Å²) < 4.78 is 18.4. The third-order valence-corrected chi connectivity index (χ3v) is 4.99. The van der Waals surface area contributed by atoms with Gasteiger partial charge in [0.15, 0.2) is 0 Å². The summed E-state index contributed by atoms with van der Waals surface area (Å²) in [7, 11) is 0. The molecule has 0 unspecified atom stereocenters. The summed E-state index contributed by atoms with van der Waals surface area (Å²) >= 11 is 0. The average Bonchev–Trinajstić information content (AvgIpc) is 2.62. The van der Waals surface area contributed by atoms with Crippen molar-refractivity contribution >= 4 is 23.4 Å². The van der Waals surface area contributed by atoms with Crippen LogP contribution >= 0.6 is 0 Å². The fourth-order valence-electron chi connectivity index (χ4n) is 3.40. The molecule has 2 amide bonds. The van der Waals surface area contributed by atoms with Crippen LogP contribution in [0.25, 0.3) is 0 Å². The zero-order chi connectivity index (χ0) is 19.0. The molecule has 8 heteroatoms. The van der Waals surface area contributed by atoms with Crippen LogP contribution in [0, 0.1) is 5.82 Å². The largest absolute Gasteiger partial charge is 0.465 e. The molecule has 3 heterocycles. The van der Waals surface area contributed by atoms with E-state index in [1.807, 2.05) is 0 Å². The van der Waals surface area contributed by atoms with Gasteiger partial charge >= 0.3 is 6.09 Å². The number of hydrogen-bond acceptors (Lipinski definition) is 4. The van der Waals surface area contributed by atoms with Crippen LogP contribution in [0.4, 0.5) is 20.6 Å². The summed E-state index contributed by atoms with van der Waals surface area (Å²) in [5, 5.41) is 12.1. The van der Waals surface area contributed by atoms with Crippen LogP contribution < -0.4 is 10.2 Å². The van der Waals surface area contributed by atoms with Gasteiger partial charge in [-0.3, -0.25) is 14.7 Å². The molecule has 0 radical (unpaired) electrons. The zero-order valence-electron chi connectivity index (χ0n) is 14.4. The lowest BCUT2D eigenvalue weighted by Gasteiger charge is -2.40. The molecular weight excluding hydrogens is 353 g/mol. The Morgan fingerprint density at radius 3 is 2.56 bits per heavy atom. The Morgan fingerprint density at radius 2 is 1.93 bits per heavy atom. The zero-order valence-corrected chi connectivity index (χ0v) is 14.4. The van der Waals surface area contributed by atoms with Crippen LogP contribution in [-0.4, -0.2) is 41.8 Å². The Balaban J connectivity index is 1.63. The number of ether oxygens (including phenoxy) is 1. The van der Waals surface area contributed by atoms with Gasteiger partial charge in [-0.1, -0.05) is 0 Å². The van der Waals surface area contributed by atoms with E-state index < -0.39 is 11.5 Å². The van der Waals surface area contributed by atoms with Crippen LogP contribution in [0.5, 0.6) is 0 Å². The highest BCUT2D eigenvalue weighted by atomic mass is 19.1. The fraction of sp³-hybridized carbons (Fsp3) is 0.316. The molecule has 1 fully saturated rings. The maximum Gasteiger partial charge on any atom is 0.411 e. The van der Waals surface area contributed by atoms with Crippen molar-refractivity contribution < 1.29 is 23.8 Å². The van der Waals surface area contributed by atoms with Crippen LogP contribution in [0.1, 0.15) is 17.8 Å². The molecule has 140 valence electrons. The van der Waals surface area contributed by atoms with E-state index in [-0.39, 0.29) is 24.9 Å². The van der Waals surface area contributed by atoms with Crippen LogP contribution in [0.15, 0.2) is 36.4 Å². The number of nitrogens with zero attached hydrogens (tertiary/aromatic N) is 2. The number of carbonyl (C=O) groups is 2. The van der Waals surface area contributed by atoms with Gasteiger partial charge in [0.05, 0.1) is 30.3 Å². The summed E-state index contributed by atoms with van der Waals surface area (Å²) in [6, 6.07) is 8.92. The highest BCUT2D eigenvalue weighted by Crippen LogP contribution is 2.35. The molecule has 2 N–H and O–H groups in total. The predicted molar refractivity (Wildman–Crippen MR) is 95.5 cm³/mol. The van der Waals surface area contributed by atoms with Crippen molar-refractivity contribution in [2.45, 2.75) is 18.3 Å².